The molecule has 2 rings (SSSR count). The number of carbonyl (C=O) groups excluding carboxylic acids is 1. The molecule has 0 spiro atoms. The van der Waals surface area contributed by atoms with E-state index in [1.54, 1.807) is 0 Å². The molecule has 3 nitrogen and oxygen atoms in total. The van der Waals surface area contributed by atoms with Crippen molar-refractivity contribution in [3.8, 4) is 5.75 Å². The van der Waals surface area contributed by atoms with Gasteiger partial charge < -0.3 is 10.1 Å². The van der Waals surface area contributed by atoms with Crippen LogP contribution in [0.15, 0.2) is 24.3 Å². The molecule has 1 fully saturated rings. The van der Waals surface area contributed by atoms with Crippen LogP contribution in [0.1, 0.15) is 29.6 Å². The summed E-state index contributed by atoms with van der Waals surface area (Å²) in [5, 5.41) is 2.90. The molecule has 1 N–H and O–H groups in total. The van der Waals surface area contributed by atoms with E-state index in [4.69, 9.17) is 11.6 Å². The van der Waals surface area contributed by atoms with Crippen molar-refractivity contribution in [1.29, 1.82) is 0 Å². The number of hydrogen-bond donors (Lipinski definition) is 1. The van der Waals surface area contributed by atoms with Crippen LogP contribution in [-0.2, 0) is 0 Å². The molecule has 1 aliphatic carbocycles. The summed E-state index contributed by atoms with van der Waals surface area (Å²) in [6.07, 6.45) is 2.79. The number of benzene rings is 1. The summed E-state index contributed by atoms with van der Waals surface area (Å²) in [5.41, 5.74) is 0.0922. The number of amides is 1. The second kappa shape index (κ2) is 5.74. The van der Waals surface area contributed by atoms with Crippen molar-refractivity contribution in [2.24, 2.45) is 0 Å². The average molecular weight is 290 g/mol. The molecule has 1 aromatic carbocycles. The SMILES string of the molecule is O=C(NC1(CCl)CCC1)c1ccc(OC(F)F)cc1. The van der Waals surface area contributed by atoms with Crippen molar-refractivity contribution >= 4 is 17.5 Å². The summed E-state index contributed by atoms with van der Waals surface area (Å²) < 4.78 is 28.2. The van der Waals surface area contributed by atoms with Gasteiger partial charge in [-0.3, -0.25) is 4.79 Å². The van der Waals surface area contributed by atoms with Crippen molar-refractivity contribution in [1.82, 2.24) is 5.32 Å². The third-order valence-corrected chi connectivity index (χ3v) is 3.80. The molecule has 0 unspecified atom stereocenters. The fourth-order valence-electron chi connectivity index (χ4n) is 2.00. The summed E-state index contributed by atoms with van der Waals surface area (Å²) in [4.78, 5) is 12.0. The predicted octanol–water partition coefficient (Wildman–Crippen LogP) is 3.18. The molecule has 1 aromatic rings. The predicted molar refractivity (Wildman–Crippen MR) is 67.8 cm³/mol. The molecular weight excluding hydrogens is 276 g/mol. The molecule has 0 bridgehead atoms. The monoisotopic (exact) mass is 289 g/mol. The van der Waals surface area contributed by atoms with Crippen molar-refractivity contribution < 1.29 is 18.3 Å². The molecule has 0 aliphatic heterocycles. The molecule has 1 saturated carbocycles. The molecule has 0 aromatic heterocycles. The summed E-state index contributed by atoms with van der Waals surface area (Å²) in [6.45, 7) is -2.87. The maximum atomic E-state index is 12.0. The smallest absolute Gasteiger partial charge is 0.387 e. The maximum absolute atomic E-state index is 12.0. The molecule has 19 heavy (non-hydrogen) atoms. The van der Waals surface area contributed by atoms with Crippen LogP contribution in [-0.4, -0.2) is 23.9 Å². The van der Waals surface area contributed by atoms with Gasteiger partial charge in [-0.1, -0.05) is 0 Å². The Morgan fingerprint density at radius 3 is 2.42 bits per heavy atom. The Hall–Kier alpha value is -1.36. The number of carbonyl (C=O) groups is 1. The van der Waals surface area contributed by atoms with Crippen LogP contribution in [0.3, 0.4) is 0 Å². The fourth-order valence-corrected chi connectivity index (χ4v) is 2.33. The lowest BCUT2D eigenvalue weighted by atomic mass is 9.78. The zero-order valence-electron chi connectivity index (χ0n) is 10.2. The minimum atomic E-state index is -2.87. The van der Waals surface area contributed by atoms with Crippen molar-refractivity contribution in [2.45, 2.75) is 31.4 Å². The van der Waals surface area contributed by atoms with E-state index in [2.05, 4.69) is 10.1 Å². The van der Waals surface area contributed by atoms with Gasteiger partial charge in [-0.2, -0.15) is 8.78 Å². The molecule has 0 heterocycles. The van der Waals surface area contributed by atoms with Crippen molar-refractivity contribution in [3.63, 3.8) is 0 Å². The molecule has 1 aliphatic rings. The molecule has 6 heteroatoms. The Kier molecular flexibility index (Phi) is 4.24. The lowest BCUT2D eigenvalue weighted by Crippen LogP contribution is -2.55. The highest BCUT2D eigenvalue weighted by molar-refractivity contribution is 6.19. The standard InChI is InChI=1S/C13H14ClF2NO2/c14-8-13(6-1-7-13)17-11(18)9-2-4-10(5-3-9)19-12(15)16/h2-5,12H,1,6-8H2,(H,17,18). The van der Waals surface area contributed by atoms with E-state index in [1.807, 2.05) is 0 Å². The van der Waals surface area contributed by atoms with E-state index in [0.717, 1.165) is 19.3 Å². The Bertz CT molecular complexity index is 441. The maximum Gasteiger partial charge on any atom is 0.387 e. The number of alkyl halides is 3. The van der Waals surface area contributed by atoms with Gasteiger partial charge in [-0.25, -0.2) is 0 Å². The minimum Gasteiger partial charge on any atom is -0.435 e. The Morgan fingerprint density at radius 1 is 1.37 bits per heavy atom. The lowest BCUT2D eigenvalue weighted by molar-refractivity contribution is -0.0498. The van der Waals surface area contributed by atoms with Gasteiger partial charge >= 0.3 is 6.61 Å². The molecule has 104 valence electrons. The first kappa shape index (κ1) is 14.1. The number of rotatable bonds is 5. The van der Waals surface area contributed by atoms with Gasteiger partial charge in [0.05, 0.1) is 5.54 Å². The fraction of sp³-hybridized carbons (Fsp3) is 0.462. The van der Waals surface area contributed by atoms with Gasteiger partial charge in [-0.15, -0.1) is 11.6 Å². The van der Waals surface area contributed by atoms with Gasteiger partial charge in [0.2, 0.25) is 0 Å². The Morgan fingerprint density at radius 2 is 2.00 bits per heavy atom. The van der Waals surface area contributed by atoms with Gasteiger partial charge in [0.1, 0.15) is 5.75 Å². The van der Waals surface area contributed by atoms with E-state index in [9.17, 15) is 13.6 Å². The quantitative estimate of drug-likeness (QED) is 0.846. The molecule has 0 atom stereocenters. The molecule has 0 saturated heterocycles. The number of halogens is 3. The van der Waals surface area contributed by atoms with Crippen molar-refractivity contribution in [3.05, 3.63) is 29.8 Å². The lowest BCUT2D eigenvalue weighted by Gasteiger charge is -2.41. The summed E-state index contributed by atoms with van der Waals surface area (Å²) in [5.74, 6) is 0.164. The second-order valence-corrected chi connectivity index (χ2v) is 4.89. The first-order chi connectivity index (χ1) is 9.04. The molecule has 1 amide bonds. The van der Waals surface area contributed by atoms with Crippen LogP contribution in [0.2, 0.25) is 0 Å². The highest BCUT2D eigenvalue weighted by Gasteiger charge is 2.37. The van der Waals surface area contributed by atoms with Crippen LogP contribution in [0, 0.1) is 0 Å². The van der Waals surface area contributed by atoms with Crippen LogP contribution in [0.25, 0.3) is 0 Å². The number of ether oxygens (including phenoxy) is 1. The summed E-state index contributed by atoms with van der Waals surface area (Å²) >= 11 is 5.86. The third-order valence-electron chi connectivity index (χ3n) is 3.29. The highest BCUT2D eigenvalue weighted by Crippen LogP contribution is 2.33. The normalized spacial score (nSPS) is 16.8. The van der Waals surface area contributed by atoms with Crippen LogP contribution in [0.5, 0.6) is 5.75 Å². The zero-order valence-corrected chi connectivity index (χ0v) is 10.9. The van der Waals surface area contributed by atoms with Gasteiger partial charge in [0.25, 0.3) is 5.91 Å². The Balaban J connectivity index is 1.99. The Labute approximate surface area is 114 Å². The van der Waals surface area contributed by atoms with E-state index in [0.29, 0.717) is 11.4 Å². The van der Waals surface area contributed by atoms with Crippen LogP contribution < -0.4 is 10.1 Å². The van der Waals surface area contributed by atoms with E-state index < -0.39 is 6.61 Å². The first-order valence-electron chi connectivity index (χ1n) is 5.98. The van der Waals surface area contributed by atoms with Gasteiger partial charge in [0.15, 0.2) is 0 Å². The average Bonchev–Trinajstić information content (AvgIpc) is 2.34. The van der Waals surface area contributed by atoms with Gasteiger partial charge in [-0.05, 0) is 43.5 Å². The van der Waals surface area contributed by atoms with E-state index in [1.165, 1.54) is 24.3 Å². The first-order valence-corrected chi connectivity index (χ1v) is 6.51. The minimum absolute atomic E-state index is 0.0299. The van der Waals surface area contributed by atoms with E-state index in [-0.39, 0.29) is 17.2 Å². The summed E-state index contributed by atoms with van der Waals surface area (Å²) in [6, 6.07) is 5.59. The van der Waals surface area contributed by atoms with E-state index >= 15 is 0 Å². The summed E-state index contributed by atoms with van der Waals surface area (Å²) in [7, 11) is 0. The molecule has 0 radical (unpaired) electrons. The van der Waals surface area contributed by atoms with Crippen LogP contribution >= 0.6 is 11.6 Å². The molecular formula is C13H14ClF2NO2. The highest BCUT2D eigenvalue weighted by atomic mass is 35.5. The van der Waals surface area contributed by atoms with Crippen molar-refractivity contribution in [2.75, 3.05) is 5.88 Å². The topological polar surface area (TPSA) is 38.3 Å². The third kappa shape index (κ3) is 3.35. The second-order valence-electron chi connectivity index (χ2n) is 4.62. The zero-order chi connectivity index (χ0) is 13.9. The van der Waals surface area contributed by atoms with Crippen LogP contribution in [0.4, 0.5) is 8.78 Å². The van der Waals surface area contributed by atoms with Gasteiger partial charge in [0, 0.05) is 11.4 Å². The number of hydrogen-bond acceptors (Lipinski definition) is 2. The number of nitrogens with one attached hydrogen (secondary N) is 1. The largest absolute Gasteiger partial charge is 0.435 e.